The second kappa shape index (κ2) is 6.83. The van der Waals surface area contributed by atoms with E-state index in [1.54, 1.807) is 7.11 Å². The highest BCUT2D eigenvalue weighted by Crippen LogP contribution is 2.28. The number of carbonyl (C=O) groups excluding carboxylic acids is 1. The summed E-state index contributed by atoms with van der Waals surface area (Å²) >= 11 is 11.7. The molecule has 0 aliphatic heterocycles. The fourth-order valence-electron chi connectivity index (χ4n) is 1.39. The van der Waals surface area contributed by atoms with Crippen LogP contribution in [-0.2, 0) is 4.74 Å². The van der Waals surface area contributed by atoms with E-state index in [1.807, 2.05) is 6.92 Å². The monoisotopic (exact) mass is 290 g/mol. The van der Waals surface area contributed by atoms with E-state index >= 15 is 0 Å². The average Bonchev–Trinajstić information content (AvgIpc) is 2.32. The normalized spacial score (nSPS) is 12.2. The summed E-state index contributed by atoms with van der Waals surface area (Å²) in [5.74, 6) is -0.234. The molecule has 1 atom stereocenters. The molecule has 18 heavy (non-hydrogen) atoms. The first-order chi connectivity index (χ1) is 8.45. The molecule has 0 radical (unpaired) electrons. The number of amides is 1. The Hall–Kier alpha value is -0.970. The predicted molar refractivity (Wildman–Crippen MR) is 74.3 cm³/mol. The van der Waals surface area contributed by atoms with E-state index in [1.165, 1.54) is 12.1 Å². The molecule has 1 aromatic rings. The van der Waals surface area contributed by atoms with Gasteiger partial charge >= 0.3 is 0 Å². The quantitative estimate of drug-likeness (QED) is 0.820. The molecule has 0 aliphatic carbocycles. The van der Waals surface area contributed by atoms with Gasteiger partial charge in [0, 0.05) is 25.3 Å². The number of nitrogen functional groups attached to an aromatic ring is 1. The molecule has 0 aliphatic rings. The standard InChI is InChI=1S/C12H16Cl2N2O2/c1-7(3-4-18-2)16-12(17)8-5-9(13)11(15)10(14)6-8/h5-7H,3-4,15H2,1-2H3,(H,16,17). The van der Waals surface area contributed by atoms with Crippen molar-refractivity contribution in [1.82, 2.24) is 5.32 Å². The van der Waals surface area contributed by atoms with Gasteiger partial charge in [0.05, 0.1) is 15.7 Å². The molecule has 0 aromatic heterocycles. The smallest absolute Gasteiger partial charge is 0.251 e. The number of anilines is 1. The van der Waals surface area contributed by atoms with E-state index in [0.717, 1.165) is 6.42 Å². The van der Waals surface area contributed by atoms with Crippen molar-refractivity contribution in [3.05, 3.63) is 27.7 Å². The number of methoxy groups -OCH3 is 1. The minimum Gasteiger partial charge on any atom is -0.396 e. The van der Waals surface area contributed by atoms with Crippen molar-refractivity contribution in [1.29, 1.82) is 0 Å². The third kappa shape index (κ3) is 4.05. The Kier molecular flexibility index (Phi) is 5.72. The number of rotatable bonds is 5. The van der Waals surface area contributed by atoms with E-state index < -0.39 is 0 Å². The maximum Gasteiger partial charge on any atom is 0.251 e. The van der Waals surface area contributed by atoms with Crippen LogP contribution in [0.15, 0.2) is 12.1 Å². The minimum absolute atomic E-state index is 0.00699. The second-order valence-corrected chi connectivity index (χ2v) is 4.82. The summed E-state index contributed by atoms with van der Waals surface area (Å²) in [5, 5.41) is 3.38. The zero-order valence-corrected chi connectivity index (χ0v) is 11.8. The highest BCUT2D eigenvalue weighted by molar-refractivity contribution is 6.39. The van der Waals surface area contributed by atoms with Crippen LogP contribution in [-0.4, -0.2) is 25.7 Å². The SMILES string of the molecule is COCCC(C)NC(=O)c1cc(Cl)c(N)c(Cl)c1. The summed E-state index contributed by atoms with van der Waals surface area (Å²) in [5.41, 5.74) is 6.28. The van der Waals surface area contributed by atoms with E-state index in [0.29, 0.717) is 12.2 Å². The fourth-order valence-corrected chi connectivity index (χ4v) is 1.88. The van der Waals surface area contributed by atoms with Crippen LogP contribution in [0.5, 0.6) is 0 Å². The largest absolute Gasteiger partial charge is 0.396 e. The van der Waals surface area contributed by atoms with Crippen molar-refractivity contribution in [2.75, 3.05) is 19.5 Å². The van der Waals surface area contributed by atoms with Gasteiger partial charge in [-0.25, -0.2) is 0 Å². The Morgan fingerprint density at radius 3 is 2.50 bits per heavy atom. The van der Waals surface area contributed by atoms with Crippen molar-refractivity contribution in [2.45, 2.75) is 19.4 Å². The summed E-state index contributed by atoms with van der Waals surface area (Å²) in [6.45, 7) is 2.49. The van der Waals surface area contributed by atoms with Gasteiger partial charge in [0.15, 0.2) is 0 Å². The first-order valence-electron chi connectivity index (χ1n) is 5.50. The number of ether oxygens (including phenoxy) is 1. The number of carbonyl (C=O) groups is 1. The van der Waals surface area contributed by atoms with Crippen molar-refractivity contribution in [2.24, 2.45) is 0 Å². The molecule has 100 valence electrons. The number of nitrogens with two attached hydrogens (primary N) is 1. The summed E-state index contributed by atoms with van der Waals surface area (Å²) in [6, 6.07) is 3.01. The second-order valence-electron chi connectivity index (χ2n) is 4.01. The summed E-state index contributed by atoms with van der Waals surface area (Å²) in [4.78, 5) is 11.9. The number of halogens is 2. The van der Waals surface area contributed by atoms with Gasteiger partial charge in [-0.15, -0.1) is 0 Å². The van der Waals surface area contributed by atoms with Gasteiger partial charge in [0.2, 0.25) is 0 Å². The maximum atomic E-state index is 11.9. The Morgan fingerprint density at radius 1 is 1.44 bits per heavy atom. The van der Waals surface area contributed by atoms with Crippen LogP contribution in [0.3, 0.4) is 0 Å². The van der Waals surface area contributed by atoms with E-state index in [2.05, 4.69) is 5.32 Å². The third-order valence-corrected chi connectivity index (χ3v) is 3.10. The summed E-state index contributed by atoms with van der Waals surface area (Å²) < 4.78 is 4.94. The Balaban J connectivity index is 2.73. The van der Waals surface area contributed by atoms with Gasteiger partial charge in [-0.3, -0.25) is 4.79 Å². The van der Waals surface area contributed by atoms with Crippen LogP contribution < -0.4 is 11.1 Å². The van der Waals surface area contributed by atoms with Crippen molar-refractivity contribution in [3.63, 3.8) is 0 Å². The van der Waals surface area contributed by atoms with Crippen LogP contribution in [0.25, 0.3) is 0 Å². The van der Waals surface area contributed by atoms with Crippen molar-refractivity contribution < 1.29 is 9.53 Å². The van der Waals surface area contributed by atoms with Gasteiger partial charge in [0.1, 0.15) is 0 Å². The predicted octanol–water partition coefficient (Wildman–Crippen LogP) is 2.73. The molecule has 1 amide bonds. The molecule has 0 saturated heterocycles. The molecule has 1 unspecified atom stereocenters. The molecular weight excluding hydrogens is 275 g/mol. The number of nitrogens with one attached hydrogen (secondary N) is 1. The topological polar surface area (TPSA) is 64.3 Å². The van der Waals surface area contributed by atoms with Gasteiger partial charge in [-0.1, -0.05) is 23.2 Å². The molecule has 0 fully saturated rings. The molecule has 4 nitrogen and oxygen atoms in total. The van der Waals surface area contributed by atoms with Gasteiger partial charge in [-0.05, 0) is 25.5 Å². The van der Waals surface area contributed by atoms with Crippen LogP contribution in [0.2, 0.25) is 10.0 Å². The molecule has 1 aromatic carbocycles. The van der Waals surface area contributed by atoms with Crippen LogP contribution in [0.1, 0.15) is 23.7 Å². The van der Waals surface area contributed by atoms with E-state index in [-0.39, 0.29) is 27.7 Å². The zero-order chi connectivity index (χ0) is 13.7. The molecule has 0 bridgehead atoms. The maximum absolute atomic E-state index is 11.9. The lowest BCUT2D eigenvalue weighted by atomic mass is 10.1. The summed E-state index contributed by atoms with van der Waals surface area (Å²) in [6.07, 6.45) is 0.735. The van der Waals surface area contributed by atoms with Gasteiger partial charge in [-0.2, -0.15) is 0 Å². The molecule has 0 heterocycles. The Bertz CT molecular complexity index is 415. The third-order valence-electron chi connectivity index (χ3n) is 2.47. The highest BCUT2D eigenvalue weighted by Gasteiger charge is 2.13. The Labute approximate surface area is 116 Å². The molecule has 1 rings (SSSR count). The Morgan fingerprint density at radius 2 is 2.00 bits per heavy atom. The molecule has 3 N–H and O–H groups in total. The molecule has 6 heteroatoms. The lowest BCUT2D eigenvalue weighted by Gasteiger charge is -2.14. The van der Waals surface area contributed by atoms with E-state index in [4.69, 9.17) is 33.7 Å². The van der Waals surface area contributed by atoms with Crippen molar-refractivity contribution >= 4 is 34.8 Å². The van der Waals surface area contributed by atoms with Crippen LogP contribution >= 0.6 is 23.2 Å². The first-order valence-corrected chi connectivity index (χ1v) is 6.25. The van der Waals surface area contributed by atoms with Crippen LogP contribution in [0.4, 0.5) is 5.69 Å². The lowest BCUT2D eigenvalue weighted by molar-refractivity contribution is 0.0929. The zero-order valence-electron chi connectivity index (χ0n) is 10.3. The van der Waals surface area contributed by atoms with Crippen molar-refractivity contribution in [3.8, 4) is 0 Å². The number of hydrogen-bond donors (Lipinski definition) is 2. The molecular formula is C12H16Cl2N2O2. The highest BCUT2D eigenvalue weighted by atomic mass is 35.5. The molecule has 0 saturated carbocycles. The van der Waals surface area contributed by atoms with Gasteiger partial charge < -0.3 is 15.8 Å². The van der Waals surface area contributed by atoms with Gasteiger partial charge in [0.25, 0.3) is 5.91 Å². The van der Waals surface area contributed by atoms with Crippen LogP contribution in [0, 0.1) is 0 Å². The number of hydrogen-bond acceptors (Lipinski definition) is 3. The van der Waals surface area contributed by atoms with E-state index in [9.17, 15) is 4.79 Å². The lowest BCUT2D eigenvalue weighted by Crippen LogP contribution is -2.33. The average molecular weight is 291 g/mol. The first kappa shape index (κ1) is 15.1. The minimum atomic E-state index is -0.234. The summed E-state index contributed by atoms with van der Waals surface area (Å²) in [7, 11) is 1.62. The number of benzene rings is 1. The fraction of sp³-hybridized carbons (Fsp3) is 0.417. The molecule has 0 spiro atoms.